The molecule has 80 valence electrons. The SMILES string of the molecule is N#Cc1ccc(C(F)(F)F)c(I)c1CO. The molecule has 0 spiro atoms. The summed E-state index contributed by atoms with van der Waals surface area (Å²) < 4.78 is 37.2. The Morgan fingerprint density at radius 3 is 2.40 bits per heavy atom. The largest absolute Gasteiger partial charge is 0.417 e. The van der Waals surface area contributed by atoms with Crippen molar-refractivity contribution in [3.8, 4) is 6.07 Å². The zero-order valence-corrected chi connectivity index (χ0v) is 9.43. The van der Waals surface area contributed by atoms with Gasteiger partial charge in [-0.2, -0.15) is 18.4 Å². The normalized spacial score (nSPS) is 11.2. The first-order chi connectivity index (χ1) is 6.91. The number of aliphatic hydroxyl groups excluding tert-OH is 1. The van der Waals surface area contributed by atoms with E-state index in [1.165, 1.54) is 22.6 Å². The van der Waals surface area contributed by atoms with Crippen LogP contribution in [0.4, 0.5) is 13.2 Å². The van der Waals surface area contributed by atoms with Crippen molar-refractivity contribution in [2.45, 2.75) is 12.8 Å². The van der Waals surface area contributed by atoms with E-state index in [9.17, 15) is 13.2 Å². The molecule has 1 N–H and O–H groups in total. The van der Waals surface area contributed by atoms with Gasteiger partial charge in [-0.3, -0.25) is 0 Å². The standard InChI is InChI=1S/C9H5F3INO/c10-9(11,12)7-2-1-5(3-14)6(4-15)8(7)13/h1-2,15H,4H2. The summed E-state index contributed by atoms with van der Waals surface area (Å²) in [6.45, 7) is -0.578. The second-order valence-electron chi connectivity index (χ2n) is 2.72. The van der Waals surface area contributed by atoms with Gasteiger partial charge in [0.15, 0.2) is 0 Å². The molecule has 0 saturated heterocycles. The predicted molar refractivity (Wildman–Crippen MR) is 54.8 cm³/mol. The third-order valence-electron chi connectivity index (χ3n) is 1.83. The molecule has 0 fully saturated rings. The fraction of sp³-hybridized carbons (Fsp3) is 0.222. The Kier molecular flexibility index (Phi) is 3.57. The number of hydrogen-bond donors (Lipinski definition) is 1. The van der Waals surface area contributed by atoms with Crippen molar-refractivity contribution >= 4 is 22.6 Å². The number of hydrogen-bond acceptors (Lipinski definition) is 2. The molecule has 6 heteroatoms. The minimum Gasteiger partial charge on any atom is -0.392 e. The first-order valence-corrected chi connectivity index (χ1v) is 4.89. The molecule has 0 aliphatic carbocycles. The van der Waals surface area contributed by atoms with Gasteiger partial charge in [-0.25, -0.2) is 0 Å². The van der Waals surface area contributed by atoms with E-state index in [0.29, 0.717) is 0 Å². The molecule has 1 aromatic carbocycles. The van der Waals surface area contributed by atoms with E-state index in [2.05, 4.69) is 0 Å². The topological polar surface area (TPSA) is 44.0 Å². The molecule has 15 heavy (non-hydrogen) atoms. The molecule has 0 unspecified atom stereocenters. The number of alkyl halides is 3. The molecular formula is C9H5F3INO. The molecule has 0 aliphatic rings. The third kappa shape index (κ3) is 2.41. The average Bonchev–Trinajstić information content (AvgIpc) is 2.15. The lowest BCUT2D eigenvalue weighted by Crippen LogP contribution is -2.10. The maximum absolute atomic E-state index is 12.4. The lowest BCUT2D eigenvalue weighted by molar-refractivity contribution is -0.138. The van der Waals surface area contributed by atoms with Crippen molar-refractivity contribution in [3.05, 3.63) is 32.4 Å². The van der Waals surface area contributed by atoms with Crippen LogP contribution in [0.25, 0.3) is 0 Å². The van der Waals surface area contributed by atoms with E-state index in [4.69, 9.17) is 10.4 Å². The van der Waals surface area contributed by atoms with Gasteiger partial charge in [0.05, 0.1) is 23.8 Å². The van der Waals surface area contributed by atoms with Crippen molar-refractivity contribution in [3.63, 3.8) is 0 Å². The van der Waals surface area contributed by atoms with Crippen LogP contribution in [0, 0.1) is 14.9 Å². The van der Waals surface area contributed by atoms with Crippen molar-refractivity contribution in [2.24, 2.45) is 0 Å². The number of nitrogens with zero attached hydrogens (tertiary/aromatic N) is 1. The third-order valence-corrected chi connectivity index (χ3v) is 3.06. The Balaban J connectivity index is 3.44. The van der Waals surface area contributed by atoms with Gasteiger partial charge in [0.2, 0.25) is 0 Å². The van der Waals surface area contributed by atoms with Gasteiger partial charge in [-0.15, -0.1) is 0 Å². The van der Waals surface area contributed by atoms with Crippen molar-refractivity contribution in [1.82, 2.24) is 0 Å². The number of rotatable bonds is 1. The lowest BCUT2D eigenvalue weighted by atomic mass is 10.1. The van der Waals surface area contributed by atoms with Crippen LogP contribution in [-0.4, -0.2) is 5.11 Å². The van der Waals surface area contributed by atoms with Crippen LogP contribution in [0.3, 0.4) is 0 Å². The fourth-order valence-corrected chi connectivity index (χ4v) is 2.05. The first kappa shape index (κ1) is 12.3. The summed E-state index contributed by atoms with van der Waals surface area (Å²) in [5, 5.41) is 17.5. The second-order valence-corrected chi connectivity index (χ2v) is 3.80. The van der Waals surface area contributed by atoms with E-state index in [-0.39, 0.29) is 14.7 Å². The summed E-state index contributed by atoms with van der Waals surface area (Å²) in [6, 6.07) is 3.65. The zero-order chi connectivity index (χ0) is 11.6. The Morgan fingerprint density at radius 1 is 1.40 bits per heavy atom. The number of aliphatic hydroxyl groups is 1. The summed E-state index contributed by atoms with van der Waals surface area (Å²) in [7, 11) is 0. The van der Waals surface area contributed by atoms with Crippen LogP contribution >= 0.6 is 22.6 Å². The summed E-state index contributed by atoms with van der Waals surface area (Å²) in [5.74, 6) is 0. The predicted octanol–water partition coefficient (Wildman–Crippen LogP) is 2.67. The molecule has 0 atom stereocenters. The fourth-order valence-electron chi connectivity index (χ4n) is 1.10. The van der Waals surface area contributed by atoms with Crippen LogP contribution in [0.1, 0.15) is 16.7 Å². The van der Waals surface area contributed by atoms with Gasteiger partial charge in [-0.1, -0.05) is 0 Å². The minimum absolute atomic E-state index is 0.0212. The Labute approximate surface area is 97.5 Å². The van der Waals surface area contributed by atoms with E-state index in [0.717, 1.165) is 12.1 Å². The number of benzene rings is 1. The Morgan fingerprint density at radius 2 is 2.00 bits per heavy atom. The quantitative estimate of drug-likeness (QED) is 0.806. The minimum atomic E-state index is -4.46. The molecule has 2 nitrogen and oxygen atoms in total. The number of nitriles is 1. The zero-order valence-electron chi connectivity index (χ0n) is 7.27. The van der Waals surface area contributed by atoms with Crippen LogP contribution in [0.15, 0.2) is 12.1 Å². The van der Waals surface area contributed by atoms with Crippen LogP contribution in [0.5, 0.6) is 0 Å². The smallest absolute Gasteiger partial charge is 0.392 e. The maximum atomic E-state index is 12.4. The highest BCUT2D eigenvalue weighted by molar-refractivity contribution is 14.1. The second kappa shape index (κ2) is 4.37. The van der Waals surface area contributed by atoms with E-state index in [1.807, 2.05) is 0 Å². The van der Waals surface area contributed by atoms with Crippen LogP contribution in [-0.2, 0) is 12.8 Å². The molecule has 0 heterocycles. The summed E-state index contributed by atoms with van der Waals surface area (Å²) in [6.07, 6.45) is -4.46. The average molecular weight is 327 g/mol. The van der Waals surface area contributed by atoms with E-state index in [1.54, 1.807) is 6.07 Å². The molecular weight excluding hydrogens is 322 g/mol. The van der Waals surface area contributed by atoms with Gasteiger partial charge in [0.25, 0.3) is 0 Å². The Bertz CT molecular complexity index is 423. The highest BCUT2D eigenvalue weighted by Gasteiger charge is 2.34. The maximum Gasteiger partial charge on any atom is 0.417 e. The molecule has 1 aromatic rings. The van der Waals surface area contributed by atoms with Crippen LogP contribution in [0.2, 0.25) is 0 Å². The molecule has 0 aliphatic heterocycles. The van der Waals surface area contributed by atoms with Gasteiger partial charge < -0.3 is 5.11 Å². The summed E-state index contributed by atoms with van der Waals surface area (Å²) in [5.41, 5.74) is -0.742. The highest BCUT2D eigenvalue weighted by atomic mass is 127. The molecule has 0 saturated carbocycles. The van der Waals surface area contributed by atoms with E-state index < -0.39 is 18.3 Å². The van der Waals surface area contributed by atoms with Gasteiger partial charge in [-0.05, 0) is 34.7 Å². The van der Waals surface area contributed by atoms with Gasteiger partial charge in [0, 0.05) is 9.13 Å². The molecule has 0 radical (unpaired) electrons. The molecule has 0 amide bonds. The Hall–Kier alpha value is -0.810. The van der Waals surface area contributed by atoms with E-state index >= 15 is 0 Å². The molecule has 0 aromatic heterocycles. The number of halogens is 4. The van der Waals surface area contributed by atoms with Gasteiger partial charge in [0.1, 0.15) is 0 Å². The highest BCUT2D eigenvalue weighted by Crippen LogP contribution is 2.35. The van der Waals surface area contributed by atoms with Crippen molar-refractivity contribution in [1.29, 1.82) is 5.26 Å². The first-order valence-electron chi connectivity index (χ1n) is 3.81. The van der Waals surface area contributed by atoms with Crippen LogP contribution < -0.4 is 0 Å². The lowest BCUT2D eigenvalue weighted by Gasteiger charge is -2.12. The van der Waals surface area contributed by atoms with Gasteiger partial charge >= 0.3 is 6.18 Å². The van der Waals surface area contributed by atoms with Crippen molar-refractivity contribution in [2.75, 3.05) is 0 Å². The van der Waals surface area contributed by atoms with Crippen molar-refractivity contribution < 1.29 is 18.3 Å². The molecule has 1 rings (SSSR count). The monoisotopic (exact) mass is 327 g/mol. The summed E-state index contributed by atoms with van der Waals surface area (Å²) >= 11 is 1.48. The molecule has 0 bridgehead atoms. The summed E-state index contributed by atoms with van der Waals surface area (Å²) in [4.78, 5) is 0.